The maximum atomic E-state index is 12.8. The number of ether oxygens (including phenoxy) is 2. The molecule has 2 aliphatic rings. The molecule has 12 heteroatoms. The van der Waals surface area contributed by atoms with Gasteiger partial charge < -0.3 is 19.5 Å². The number of halogens is 3. The molecule has 2 aromatic heterocycles. The van der Waals surface area contributed by atoms with Gasteiger partial charge in [-0.05, 0) is 18.9 Å². The molecule has 4 rings (SSSR count). The predicted molar refractivity (Wildman–Crippen MR) is 98.2 cm³/mol. The van der Waals surface area contributed by atoms with Crippen LogP contribution in [0.15, 0.2) is 43.0 Å². The van der Waals surface area contributed by atoms with Crippen molar-refractivity contribution >= 4 is 11.9 Å². The van der Waals surface area contributed by atoms with Crippen molar-refractivity contribution < 1.29 is 37.3 Å². The summed E-state index contributed by atoms with van der Waals surface area (Å²) in [7, 11) is 0. The molecule has 31 heavy (non-hydrogen) atoms. The number of fused-ring (bicyclic) bond motifs is 1. The second-order valence-corrected chi connectivity index (χ2v) is 6.72. The van der Waals surface area contributed by atoms with E-state index >= 15 is 0 Å². The molecule has 1 N–H and O–H groups in total. The van der Waals surface area contributed by atoms with E-state index in [0.29, 0.717) is 24.7 Å². The number of aliphatic carboxylic acids is 1. The summed E-state index contributed by atoms with van der Waals surface area (Å²) in [6.45, 7) is 1.15. The number of alkyl halides is 3. The van der Waals surface area contributed by atoms with Crippen LogP contribution in [-0.4, -0.2) is 74.4 Å². The first-order chi connectivity index (χ1) is 14.8. The second kappa shape index (κ2) is 9.69. The second-order valence-electron chi connectivity index (χ2n) is 6.72. The molecule has 4 heterocycles. The van der Waals surface area contributed by atoms with Gasteiger partial charge in [-0.15, -0.1) is 0 Å². The van der Waals surface area contributed by atoms with Gasteiger partial charge in [0.1, 0.15) is 17.9 Å². The van der Waals surface area contributed by atoms with Gasteiger partial charge in [0.05, 0.1) is 18.8 Å². The average molecular weight is 440 g/mol. The number of carboxylic acid groups (broad SMARTS) is 1. The fourth-order valence-corrected chi connectivity index (χ4v) is 3.38. The minimum Gasteiger partial charge on any atom is -0.475 e. The van der Waals surface area contributed by atoms with E-state index in [4.69, 9.17) is 19.4 Å². The van der Waals surface area contributed by atoms with E-state index in [2.05, 4.69) is 15.0 Å². The molecule has 0 spiro atoms. The number of carboxylic acids is 1. The van der Waals surface area contributed by atoms with E-state index in [1.54, 1.807) is 17.3 Å². The Labute approximate surface area is 174 Å². The fraction of sp³-hybridized carbons (Fsp3) is 0.421. The minimum absolute atomic E-state index is 0.00182. The van der Waals surface area contributed by atoms with Gasteiger partial charge in [0.2, 0.25) is 5.88 Å². The average Bonchev–Trinajstić information content (AvgIpc) is 3.13. The SMILES string of the molecule is O=C(O)C(F)(F)F.O=C(c1cnccn1)N1C[C@H](Oc2ccccn2)[C@H]2OCCC[C@H]21. The van der Waals surface area contributed by atoms with Gasteiger partial charge in [0.15, 0.2) is 0 Å². The van der Waals surface area contributed by atoms with Crippen LogP contribution in [0.4, 0.5) is 13.2 Å². The maximum absolute atomic E-state index is 12.8. The van der Waals surface area contributed by atoms with E-state index in [1.165, 1.54) is 12.4 Å². The summed E-state index contributed by atoms with van der Waals surface area (Å²) in [6.07, 6.45) is 2.65. The first kappa shape index (κ1) is 22.4. The largest absolute Gasteiger partial charge is 0.490 e. The van der Waals surface area contributed by atoms with Crippen LogP contribution in [-0.2, 0) is 9.53 Å². The molecule has 2 aromatic rings. The Morgan fingerprint density at radius 3 is 2.58 bits per heavy atom. The van der Waals surface area contributed by atoms with Crippen LogP contribution < -0.4 is 4.74 Å². The van der Waals surface area contributed by atoms with Crippen molar-refractivity contribution in [1.82, 2.24) is 19.9 Å². The monoisotopic (exact) mass is 440 g/mol. The molecule has 3 atom stereocenters. The quantitative estimate of drug-likeness (QED) is 0.770. The smallest absolute Gasteiger partial charge is 0.475 e. The normalized spacial score (nSPS) is 22.7. The van der Waals surface area contributed by atoms with Crippen LogP contribution >= 0.6 is 0 Å². The molecular weight excluding hydrogens is 421 g/mol. The van der Waals surface area contributed by atoms with Crippen LogP contribution in [0.2, 0.25) is 0 Å². The number of carbonyl (C=O) groups excluding carboxylic acids is 1. The Bertz CT molecular complexity index is 885. The van der Waals surface area contributed by atoms with Gasteiger partial charge in [-0.25, -0.2) is 14.8 Å². The lowest BCUT2D eigenvalue weighted by Gasteiger charge is -2.31. The summed E-state index contributed by atoms with van der Waals surface area (Å²) in [5.41, 5.74) is 0.348. The van der Waals surface area contributed by atoms with Gasteiger partial charge >= 0.3 is 12.1 Å². The van der Waals surface area contributed by atoms with Crippen molar-refractivity contribution in [2.75, 3.05) is 13.2 Å². The van der Waals surface area contributed by atoms with E-state index in [1.807, 2.05) is 18.2 Å². The fourth-order valence-electron chi connectivity index (χ4n) is 3.38. The summed E-state index contributed by atoms with van der Waals surface area (Å²) in [5, 5.41) is 7.12. The summed E-state index contributed by atoms with van der Waals surface area (Å²) in [6, 6.07) is 5.52. The Morgan fingerprint density at radius 1 is 1.19 bits per heavy atom. The van der Waals surface area contributed by atoms with Gasteiger partial charge in [0.25, 0.3) is 5.91 Å². The lowest BCUT2D eigenvalue weighted by atomic mass is 10.0. The van der Waals surface area contributed by atoms with Crippen LogP contribution in [0, 0.1) is 0 Å². The van der Waals surface area contributed by atoms with Crippen molar-refractivity contribution in [2.45, 2.75) is 37.3 Å². The standard InChI is InChI=1S/C17H18N4O3.C2HF3O2/c22-17(12-10-18-7-8-19-12)21-11-14(16-13(21)4-3-9-23-16)24-15-5-1-2-6-20-15;3-2(4,5)1(6)7/h1-2,5-8,10,13-14,16H,3-4,9,11H2;(H,6,7)/t13-,14+,16+;/m1./s1. The predicted octanol–water partition coefficient (Wildman–Crippen LogP) is 1.96. The highest BCUT2D eigenvalue weighted by Gasteiger charge is 2.48. The van der Waals surface area contributed by atoms with Crippen LogP contribution in [0.3, 0.4) is 0 Å². The molecule has 1 amide bonds. The third kappa shape index (κ3) is 5.66. The van der Waals surface area contributed by atoms with E-state index in [0.717, 1.165) is 12.8 Å². The summed E-state index contributed by atoms with van der Waals surface area (Å²) >= 11 is 0. The maximum Gasteiger partial charge on any atom is 0.490 e. The number of pyridine rings is 1. The number of amides is 1. The zero-order valence-corrected chi connectivity index (χ0v) is 16.1. The van der Waals surface area contributed by atoms with E-state index in [-0.39, 0.29) is 24.2 Å². The molecule has 0 bridgehead atoms. The first-order valence-electron chi connectivity index (χ1n) is 9.33. The molecule has 9 nitrogen and oxygen atoms in total. The molecule has 0 aromatic carbocycles. The first-order valence-corrected chi connectivity index (χ1v) is 9.33. The highest BCUT2D eigenvalue weighted by Crippen LogP contribution is 2.32. The lowest BCUT2D eigenvalue weighted by Crippen LogP contribution is -2.44. The van der Waals surface area contributed by atoms with E-state index in [9.17, 15) is 18.0 Å². The Morgan fingerprint density at radius 2 is 1.97 bits per heavy atom. The van der Waals surface area contributed by atoms with Crippen LogP contribution in [0.1, 0.15) is 23.3 Å². The Kier molecular flexibility index (Phi) is 7.00. The van der Waals surface area contributed by atoms with E-state index < -0.39 is 12.1 Å². The van der Waals surface area contributed by atoms with Crippen molar-refractivity contribution in [3.63, 3.8) is 0 Å². The van der Waals surface area contributed by atoms with Crippen LogP contribution in [0.5, 0.6) is 5.88 Å². The molecular formula is C19H19F3N4O5. The molecule has 2 fully saturated rings. The van der Waals surface area contributed by atoms with Crippen molar-refractivity contribution in [3.8, 4) is 5.88 Å². The number of hydrogen-bond acceptors (Lipinski definition) is 7. The Hall–Kier alpha value is -3.28. The molecule has 2 aliphatic heterocycles. The minimum atomic E-state index is -5.08. The van der Waals surface area contributed by atoms with Crippen molar-refractivity contribution in [2.24, 2.45) is 0 Å². The Balaban J connectivity index is 0.000000339. The summed E-state index contributed by atoms with van der Waals surface area (Å²) < 4.78 is 43.7. The molecule has 0 radical (unpaired) electrons. The zero-order chi connectivity index (χ0) is 22.4. The molecule has 2 saturated heterocycles. The van der Waals surface area contributed by atoms with Crippen LogP contribution in [0.25, 0.3) is 0 Å². The molecule has 0 unspecified atom stereocenters. The third-order valence-corrected chi connectivity index (χ3v) is 4.67. The van der Waals surface area contributed by atoms with Crippen molar-refractivity contribution in [3.05, 3.63) is 48.7 Å². The number of likely N-dealkylation sites (tertiary alicyclic amines) is 1. The topological polar surface area (TPSA) is 115 Å². The number of aromatic nitrogens is 3. The number of nitrogens with zero attached hydrogens (tertiary/aromatic N) is 4. The molecule has 0 saturated carbocycles. The number of carbonyl (C=O) groups is 2. The van der Waals surface area contributed by atoms with Gasteiger partial charge in [-0.1, -0.05) is 6.07 Å². The highest BCUT2D eigenvalue weighted by molar-refractivity contribution is 5.92. The zero-order valence-electron chi connectivity index (χ0n) is 16.1. The molecule has 0 aliphatic carbocycles. The van der Waals surface area contributed by atoms with Gasteiger partial charge in [0, 0.05) is 31.3 Å². The van der Waals surface area contributed by atoms with Gasteiger partial charge in [-0.3, -0.25) is 9.78 Å². The lowest BCUT2D eigenvalue weighted by molar-refractivity contribution is -0.192. The number of hydrogen-bond donors (Lipinski definition) is 1. The number of rotatable bonds is 3. The van der Waals surface area contributed by atoms with Crippen molar-refractivity contribution in [1.29, 1.82) is 0 Å². The summed E-state index contributed by atoms with van der Waals surface area (Å²) in [4.78, 5) is 35.8. The third-order valence-electron chi connectivity index (χ3n) is 4.67. The molecule has 166 valence electrons. The summed E-state index contributed by atoms with van der Waals surface area (Å²) in [5.74, 6) is -2.34. The highest BCUT2D eigenvalue weighted by atomic mass is 19.4. The van der Waals surface area contributed by atoms with Gasteiger partial charge in [-0.2, -0.15) is 13.2 Å².